The number of nitrogens with zero attached hydrogens (tertiary/aromatic N) is 1. The summed E-state index contributed by atoms with van der Waals surface area (Å²) in [6.45, 7) is 3.85. The van der Waals surface area contributed by atoms with Gasteiger partial charge in [-0.05, 0) is 123 Å². The van der Waals surface area contributed by atoms with Crippen LogP contribution < -0.4 is 53.2 Å². The van der Waals surface area contributed by atoms with Crippen LogP contribution in [0.25, 0.3) is 0 Å². The molecule has 0 aliphatic heterocycles. The molecule has 0 saturated heterocycles. The van der Waals surface area contributed by atoms with Gasteiger partial charge >= 0.3 is 30.5 Å². The molecule has 0 unspecified atom stereocenters. The highest BCUT2D eigenvalue weighted by Gasteiger charge is 2.12. The quantitative estimate of drug-likeness (QED) is 0.0443. The molecule has 10 N–H and O–H groups in total. The van der Waals surface area contributed by atoms with Crippen molar-refractivity contribution in [3.05, 3.63) is 97.0 Å². The van der Waals surface area contributed by atoms with Crippen molar-refractivity contribution in [3.8, 4) is 0 Å². The Bertz CT molecular complexity index is 2290. The van der Waals surface area contributed by atoms with Crippen molar-refractivity contribution in [3.63, 3.8) is 0 Å². The highest BCUT2D eigenvalue weighted by Crippen LogP contribution is 2.25. The summed E-state index contributed by atoms with van der Waals surface area (Å²) in [6, 6.07) is 24.7. The Morgan fingerprint density at radius 1 is 0.478 bits per heavy atom. The van der Waals surface area contributed by atoms with E-state index in [-0.39, 0.29) is 38.8 Å². The normalized spacial score (nSPS) is 9.63. The fraction of sp³-hybridized carbons (Fsp3) is 0.175. The number of carbonyl (C=O) groups is 5. The maximum Gasteiger partial charge on any atom is 0.413 e. The average molecular weight is 1020 g/mol. The van der Waals surface area contributed by atoms with E-state index in [0.29, 0.717) is 39.9 Å². The van der Waals surface area contributed by atoms with E-state index in [4.69, 9.17) is 75.0 Å². The maximum atomic E-state index is 11.3. The molecule has 0 saturated carbocycles. The van der Waals surface area contributed by atoms with Gasteiger partial charge in [0.2, 0.25) is 0 Å². The van der Waals surface area contributed by atoms with Crippen LogP contribution in [-0.2, 0) is 23.7 Å². The van der Waals surface area contributed by atoms with E-state index < -0.39 is 30.5 Å². The zero-order valence-corrected chi connectivity index (χ0v) is 40.2. The van der Waals surface area contributed by atoms with Crippen LogP contribution >= 0.6 is 61.1 Å². The van der Waals surface area contributed by atoms with Crippen molar-refractivity contribution in [2.75, 3.05) is 61.1 Å². The number of hydrogen-bond donors (Lipinski definition) is 10. The van der Waals surface area contributed by atoms with Crippen molar-refractivity contribution in [1.29, 1.82) is 0 Å². The second-order valence-electron chi connectivity index (χ2n) is 11.7. The van der Waals surface area contributed by atoms with Crippen molar-refractivity contribution in [1.82, 2.24) is 26.6 Å². The Morgan fingerprint density at radius 2 is 0.791 bits per heavy atom. The third-order valence-corrected chi connectivity index (χ3v) is 8.08. The molecule has 3 aromatic carbocycles. The van der Waals surface area contributed by atoms with Gasteiger partial charge < -0.3 is 54.7 Å². The summed E-state index contributed by atoms with van der Waals surface area (Å²) in [6.07, 6.45) is -0.154. The van der Waals surface area contributed by atoms with Crippen LogP contribution in [0.3, 0.4) is 0 Å². The van der Waals surface area contributed by atoms with Crippen LogP contribution in [0, 0.1) is 0 Å². The highest BCUT2D eigenvalue weighted by atomic mass is 32.1. The number of rotatable bonds is 9. The number of para-hydroxylation sites is 6. The first-order valence-electron chi connectivity index (χ1n) is 18.9. The number of ether oxygens (including phenoxy) is 5. The third kappa shape index (κ3) is 23.3. The molecular formula is C40H45N11O11S5. The number of hydrogen-bond acceptors (Lipinski definition) is 17. The van der Waals surface area contributed by atoms with E-state index in [9.17, 15) is 24.0 Å². The molecule has 0 atom stereocenters. The smallest absolute Gasteiger partial charge is 0.413 e. The minimum absolute atomic E-state index is 0.0490. The number of aliphatic imine (C=N–C) groups is 1. The molecular weight excluding hydrogens is 971 g/mol. The lowest BCUT2D eigenvalue weighted by Gasteiger charge is -2.15. The number of nitrogens with one attached hydrogen (secondary N) is 10. The SMILES string of the molecule is CCOC(=O)NC(=S)Nc1ccccc1NC(=S)NC(=O)OCC.COC(=O)NC(=S)Nc1ccccc1/N=C/c1ccco1.COC(=O)NC(=S)Nc1ccccc1NC(=S)NC(=O)OC. The molecule has 0 aliphatic rings. The second kappa shape index (κ2) is 31.3. The third-order valence-electron chi connectivity index (χ3n) is 7.06. The molecule has 22 nitrogen and oxygen atoms in total. The predicted octanol–water partition coefficient (Wildman–Crippen LogP) is 7.45. The lowest BCUT2D eigenvalue weighted by molar-refractivity contribution is 0.157. The number of alkyl carbamates (subject to hydrolysis) is 5. The van der Waals surface area contributed by atoms with Crippen LogP contribution in [0.15, 0.2) is 101 Å². The lowest BCUT2D eigenvalue weighted by atomic mass is 10.2. The van der Waals surface area contributed by atoms with Crippen molar-refractivity contribution in [2.24, 2.45) is 4.99 Å². The largest absolute Gasteiger partial charge is 0.463 e. The fourth-order valence-electron chi connectivity index (χ4n) is 4.31. The van der Waals surface area contributed by atoms with Gasteiger partial charge in [-0.1, -0.05) is 36.4 Å². The molecule has 67 heavy (non-hydrogen) atoms. The Hall–Kier alpha value is -7.59. The first-order chi connectivity index (χ1) is 32.1. The zero-order chi connectivity index (χ0) is 49.6. The summed E-state index contributed by atoms with van der Waals surface area (Å²) in [7, 11) is 3.72. The zero-order valence-electron chi connectivity index (χ0n) is 36.1. The number of carbonyl (C=O) groups excluding carboxylic acids is 5. The van der Waals surface area contributed by atoms with Crippen LogP contribution in [0.4, 0.5) is 58.1 Å². The van der Waals surface area contributed by atoms with Crippen molar-refractivity contribution in [2.45, 2.75) is 13.8 Å². The van der Waals surface area contributed by atoms with E-state index in [1.165, 1.54) is 21.3 Å². The monoisotopic (exact) mass is 1020 g/mol. The summed E-state index contributed by atoms with van der Waals surface area (Å²) in [5.41, 5.74) is 3.49. The van der Waals surface area contributed by atoms with E-state index >= 15 is 0 Å². The first-order valence-corrected chi connectivity index (χ1v) is 21.0. The summed E-state index contributed by atoms with van der Waals surface area (Å²) >= 11 is 25.0. The predicted molar refractivity (Wildman–Crippen MR) is 273 cm³/mol. The number of benzene rings is 3. The molecule has 0 aliphatic carbocycles. The molecule has 4 rings (SSSR count). The van der Waals surface area contributed by atoms with E-state index in [1.54, 1.807) is 93.1 Å². The Labute approximate surface area is 411 Å². The van der Waals surface area contributed by atoms with Crippen molar-refractivity contribution < 1.29 is 52.1 Å². The standard InChI is InChI=1S/C14H18N4O4S2.C14H13N3O3S.C12H14N4O4S2/c1-3-21-13(19)17-11(23)15-9-7-5-6-8-10(9)16-12(24)18-14(20)22-4-2;1-19-14(18)17-13(21)16-12-7-3-2-6-11(12)15-9-10-5-4-8-20-10;1-19-11(17)15-9(21)13-7-5-3-4-6-8(7)14-10(22)16-12(18)20-2/h5-8H,3-4H2,1-2H3,(H2,15,17,19,23)(H2,16,18,20,24);2-9H,1H3,(H2,16,17,18,21);3-6H,1-2H3,(H2,13,15,17,21)(H2,14,16,18,22)/b;15-9+;. The van der Waals surface area contributed by atoms with Gasteiger partial charge in [-0.15, -0.1) is 0 Å². The molecule has 0 bridgehead atoms. The average Bonchev–Trinajstić information content (AvgIpc) is 3.81. The Kier molecular flexibility index (Phi) is 26.0. The number of thiocarbonyl (C=S) groups is 5. The topological polar surface area (TPSA) is 277 Å². The Balaban J connectivity index is 0.000000346. The summed E-state index contributed by atoms with van der Waals surface area (Å²) in [5, 5.41) is 26.2. The van der Waals surface area contributed by atoms with Crippen LogP contribution in [0.2, 0.25) is 0 Å². The second-order valence-corrected chi connectivity index (χ2v) is 13.7. The summed E-state index contributed by atoms with van der Waals surface area (Å²) < 4.78 is 28.0. The van der Waals surface area contributed by atoms with Crippen LogP contribution in [0.5, 0.6) is 0 Å². The lowest BCUT2D eigenvalue weighted by Crippen LogP contribution is -2.36. The maximum absolute atomic E-state index is 11.3. The highest BCUT2D eigenvalue weighted by molar-refractivity contribution is 7.81. The van der Waals surface area contributed by atoms with Gasteiger partial charge in [-0.25, -0.2) is 24.0 Å². The van der Waals surface area contributed by atoms with Gasteiger partial charge in [-0.2, -0.15) is 0 Å². The molecule has 1 aromatic heterocycles. The summed E-state index contributed by atoms with van der Waals surface area (Å²) in [5.74, 6) is 0.639. The van der Waals surface area contributed by atoms with E-state index in [1.807, 2.05) is 18.2 Å². The number of anilines is 5. The fourth-order valence-corrected chi connectivity index (χ4v) is 5.28. The first kappa shape index (κ1) is 55.5. The summed E-state index contributed by atoms with van der Waals surface area (Å²) in [4.78, 5) is 60.2. The molecule has 27 heteroatoms. The van der Waals surface area contributed by atoms with Gasteiger partial charge in [0.15, 0.2) is 25.6 Å². The van der Waals surface area contributed by atoms with Crippen molar-refractivity contribution >= 4 is 157 Å². The molecule has 0 fully saturated rings. The van der Waals surface area contributed by atoms with E-state index in [2.05, 4.69) is 72.4 Å². The number of amides is 5. The molecule has 356 valence electrons. The molecule has 4 aromatic rings. The van der Waals surface area contributed by atoms with Crippen LogP contribution in [-0.4, -0.2) is 96.8 Å². The van der Waals surface area contributed by atoms with Gasteiger partial charge in [0.05, 0.1) is 81.1 Å². The molecule has 0 radical (unpaired) electrons. The van der Waals surface area contributed by atoms with Gasteiger partial charge in [0.25, 0.3) is 0 Å². The number of methoxy groups -OCH3 is 3. The van der Waals surface area contributed by atoms with Crippen LogP contribution in [0.1, 0.15) is 19.6 Å². The van der Waals surface area contributed by atoms with Gasteiger partial charge in [0, 0.05) is 0 Å². The van der Waals surface area contributed by atoms with E-state index in [0.717, 1.165) is 0 Å². The minimum Gasteiger partial charge on any atom is -0.463 e. The number of furan rings is 1. The molecule has 0 spiro atoms. The Morgan fingerprint density at radius 3 is 1.10 bits per heavy atom. The molecule has 5 amide bonds. The van der Waals surface area contributed by atoms with Gasteiger partial charge in [-0.3, -0.25) is 31.6 Å². The van der Waals surface area contributed by atoms with Gasteiger partial charge in [0.1, 0.15) is 5.76 Å². The minimum atomic E-state index is -0.689. The molecule has 1 heterocycles.